The third-order valence-electron chi connectivity index (χ3n) is 2.37. The van der Waals surface area contributed by atoms with E-state index >= 15 is 0 Å². The second-order valence-electron chi connectivity index (χ2n) is 3.62. The van der Waals surface area contributed by atoms with Gasteiger partial charge < -0.3 is 10.7 Å². The number of para-hydroxylation sites is 1. The Morgan fingerprint density at radius 3 is 2.53 bits per heavy atom. The average molecular weight is 297 g/mol. The predicted octanol–water partition coefficient (Wildman–Crippen LogP) is 2.93. The first-order chi connectivity index (χ1) is 9.11. The van der Waals surface area contributed by atoms with Crippen molar-refractivity contribution in [1.82, 2.24) is 4.98 Å². The molecule has 0 aliphatic rings. The number of nitrogens with zero attached hydrogens (tertiary/aromatic N) is 1. The lowest BCUT2D eigenvalue weighted by Crippen LogP contribution is -2.14. The van der Waals surface area contributed by atoms with Gasteiger partial charge in [-0.2, -0.15) is 0 Å². The maximum atomic E-state index is 12.1. The lowest BCUT2D eigenvalue weighted by molar-refractivity contribution is 0.102. The first kappa shape index (κ1) is 13.6. The van der Waals surface area contributed by atoms with Gasteiger partial charge in [-0.1, -0.05) is 29.3 Å². The minimum Gasteiger partial charge on any atom is -0.319 e. The normalized spacial score (nSPS) is 10.1. The summed E-state index contributed by atoms with van der Waals surface area (Å²) in [5.74, 6) is 5.27. The van der Waals surface area contributed by atoms with E-state index in [0.717, 1.165) is 0 Å². The summed E-state index contributed by atoms with van der Waals surface area (Å²) < 4.78 is 0. The Balaban J connectivity index is 2.25. The second-order valence-corrected chi connectivity index (χ2v) is 4.44. The van der Waals surface area contributed by atoms with Crippen molar-refractivity contribution in [2.45, 2.75) is 0 Å². The topological polar surface area (TPSA) is 80.0 Å². The number of nitrogens with one attached hydrogen (secondary N) is 2. The van der Waals surface area contributed by atoms with Crippen molar-refractivity contribution in [2.75, 3.05) is 10.7 Å². The van der Waals surface area contributed by atoms with Crippen LogP contribution in [0.3, 0.4) is 0 Å². The molecule has 0 atom stereocenters. The van der Waals surface area contributed by atoms with Crippen molar-refractivity contribution in [3.63, 3.8) is 0 Å². The summed E-state index contributed by atoms with van der Waals surface area (Å²) in [4.78, 5) is 16.0. The monoisotopic (exact) mass is 296 g/mol. The quantitative estimate of drug-likeness (QED) is 0.601. The van der Waals surface area contributed by atoms with Crippen molar-refractivity contribution in [1.29, 1.82) is 0 Å². The minimum atomic E-state index is -0.353. The molecular weight excluding hydrogens is 287 g/mol. The largest absolute Gasteiger partial charge is 0.319 e. The summed E-state index contributed by atoms with van der Waals surface area (Å²) in [7, 11) is 0. The van der Waals surface area contributed by atoms with E-state index in [0.29, 0.717) is 27.1 Å². The molecule has 1 heterocycles. The van der Waals surface area contributed by atoms with Gasteiger partial charge in [0.05, 0.1) is 15.7 Å². The smallest absolute Gasteiger partial charge is 0.255 e. The molecule has 0 bridgehead atoms. The van der Waals surface area contributed by atoms with Crippen LogP contribution in [0, 0.1) is 0 Å². The highest BCUT2D eigenvalue weighted by Crippen LogP contribution is 2.30. The molecule has 0 aliphatic carbocycles. The first-order valence-corrected chi connectivity index (χ1v) is 6.05. The number of pyridine rings is 1. The molecule has 1 aromatic carbocycles. The van der Waals surface area contributed by atoms with Crippen molar-refractivity contribution in [3.8, 4) is 0 Å². The Hall–Kier alpha value is -1.82. The van der Waals surface area contributed by atoms with E-state index in [-0.39, 0.29) is 5.91 Å². The highest BCUT2D eigenvalue weighted by atomic mass is 35.5. The summed E-state index contributed by atoms with van der Waals surface area (Å²) in [6.45, 7) is 0. The predicted molar refractivity (Wildman–Crippen MR) is 76.5 cm³/mol. The van der Waals surface area contributed by atoms with E-state index in [1.54, 1.807) is 24.3 Å². The van der Waals surface area contributed by atoms with Crippen LogP contribution >= 0.6 is 23.2 Å². The first-order valence-electron chi connectivity index (χ1n) is 5.30. The molecule has 4 N–H and O–H groups in total. The van der Waals surface area contributed by atoms with Gasteiger partial charge in [-0.3, -0.25) is 4.79 Å². The minimum absolute atomic E-state index is 0.353. The number of carbonyl (C=O) groups excluding carboxylic acids is 1. The van der Waals surface area contributed by atoms with Gasteiger partial charge in [-0.25, -0.2) is 10.8 Å². The zero-order valence-corrected chi connectivity index (χ0v) is 11.2. The Morgan fingerprint density at radius 2 is 1.89 bits per heavy atom. The van der Waals surface area contributed by atoms with Gasteiger partial charge >= 0.3 is 0 Å². The van der Waals surface area contributed by atoms with E-state index in [9.17, 15) is 4.79 Å². The molecule has 0 aliphatic heterocycles. The zero-order valence-electron chi connectivity index (χ0n) is 9.65. The van der Waals surface area contributed by atoms with E-state index in [2.05, 4.69) is 15.7 Å². The SMILES string of the molecule is NNc1cc(C(=O)Nc2c(Cl)cccc2Cl)ccn1. The molecule has 5 nitrogen and oxygen atoms in total. The number of carbonyl (C=O) groups is 1. The number of nitrogens with two attached hydrogens (primary N) is 1. The molecular formula is C12H10Cl2N4O. The molecule has 1 amide bonds. The number of benzene rings is 1. The van der Waals surface area contributed by atoms with Gasteiger partial charge in [0, 0.05) is 11.8 Å². The van der Waals surface area contributed by atoms with Crippen molar-refractivity contribution < 1.29 is 4.79 Å². The zero-order chi connectivity index (χ0) is 13.8. The summed E-state index contributed by atoms with van der Waals surface area (Å²) in [5.41, 5.74) is 3.12. The lowest BCUT2D eigenvalue weighted by Gasteiger charge is -2.09. The Morgan fingerprint density at radius 1 is 1.21 bits per heavy atom. The Kier molecular flexibility index (Phi) is 4.21. The third kappa shape index (κ3) is 3.14. The number of amides is 1. The number of hydrogen-bond acceptors (Lipinski definition) is 4. The van der Waals surface area contributed by atoms with Crippen LogP contribution < -0.4 is 16.6 Å². The lowest BCUT2D eigenvalue weighted by atomic mass is 10.2. The highest BCUT2D eigenvalue weighted by Gasteiger charge is 2.11. The number of anilines is 2. The van der Waals surface area contributed by atoms with Crippen molar-refractivity contribution in [3.05, 3.63) is 52.1 Å². The molecule has 2 rings (SSSR count). The van der Waals surface area contributed by atoms with Gasteiger partial charge in [0.2, 0.25) is 0 Å². The Bertz CT molecular complexity index is 598. The van der Waals surface area contributed by atoms with E-state index in [1.165, 1.54) is 12.3 Å². The number of aromatic nitrogens is 1. The molecule has 0 radical (unpaired) electrons. The second kappa shape index (κ2) is 5.88. The number of halogens is 2. The fourth-order valence-electron chi connectivity index (χ4n) is 1.45. The molecule has 0 saturated carbocycles. The van der Waals surface area contributed by atoms with Gasteiger partial charge in [-0.15, -0.1) is 0 Å². The molecule has 1 aromatic heterocycles. The number of hydrazine groups is 1. The average Bonchev–Trinajstić information content (AvgIpc) is 2.43. The molecule has 0 spiro atoms. The molecule has 19 heavy (non-hydrogen) atoms. The number of hydrogen-bond donors (Lipinski definition) is 3. The van der Waals surface area contributed by atoms with Crippen molar-refractivity contribution >= 4 is 40.6 Å². The van der Waals surface area contributed by atoms with Gasteiger partial charge in [0.15, 0.2) is 0 Å². The third-order valence-corrected chi connectivity index (χ3v) is 3.00. The highest BCUT2D eigenvalue weighted by molar-refractivity contribution is 6.40. The molecule has 7 heteroatoms. The van der Waals surface area contributed by atoms with E-state index in [4.69, 9.17) is 29.0 Å². The maximum Gasteiger partial charge on any atom is 0.255 e. The van der Waals surface area contributed by atoms with Crippen molar-refractivity contribution in [2.24, 2.45) is 5.84 Å². The summed E-state index contributed by atoms with van der Waals surface area (Å²) in [6.07, 6.45) is 1.47. The van der Waals surface area contributed by atoms with Crippen LogP contribution in [-0.2, 0) is 0 Å². The fourth-order valence-corrected chi connectivity index (χ4v) is 1.95. The summed E-state index contributed by atoms with van der Waals surface area (Å²) in [6, 6.07) is 8.05. The van der Waals surface area contributed by atoms with Crippen LogP contribution in [0.1, 0.15) is 10.4 Å². The molecule has 98 valence electrons. The summed E-state index contributed by atoms with van der Waals surface area (Å²) >= 11 is 12.0. The number of rotatable bonds is 3. The van der Waals surface area contributed by atoms with Gasteiger partial charge in [0.25, 0.3) is 5.91 Å². The maximum absolute atomic E-state index is 12.1. The van der Waals surface area contributed by atoms with Crippen LogP contribution in [0.4, 0.5) is 11.5 Å². The van der Waals surface area contributed by atoms with Gasteiger partial charge in [-0.05, 0) is 24.3 Å². The van der Waals surface area contributed by atoms with Crippen LogP contribution in [0.25, 0.3) is 0 Å². The standard InChI is InChI=1S/C12H10Cl2N4O/c13-8-2-1-3-9(14)11(8)17-12(19)7-4-5-16-10(6-7)18-15/h1-6H,15H2,(H,16,18)(H,17,19). The molecule has 2 aromatic rings. The van der Waals surface area contributed by atoms with Gasteiger partial charge in [0.1, 0.15) is 5.82 Å². The Labute approximate surface area is 119 Å². The molecule has 0 fully saturated rings. The van der Waals surface area contributed by atoms with E-state index < -0.39 is 0 Å². The van der Waals surface area contributed by atoms with Crippen LogP contribution in [-0.4, -0.2) is 10.9 Å². The molecule has 0 unspecified atom stereocenters. The van der Waals surface area contributed by atoms with Crippen LogP contribution in [0.15, 0.2) is 36.5 Å². The number of nitrogen functional groups attached to an aromatic ring is 1. The summed E-state index contributed by atoms with van der Waals surface area (Å²) in [5, 5.41) is 3.38. The van der Waals surface area contributed by atoms with Crippen LogP contribution in [0.2, 0.25) is 10.0 Å². The van der Waals surface area contributed by atoms with E-state index in [1.807, 2.05) is 0 Å². The molecule has 0 saturated heterocycles. The van der Waals surface area contributed by atoms with Crippen LogP contribution in [0.5, 0.6) is 0 Å². The fraction of sp³-hybridized carbons (Fsp3) is 0.